The van der Waals surface area contributed by atoms with E-state index in [1.165, 1.54) is 12.1 Å². The number of ether oxygens (including phenoxy) is 1. The van der Waals surface area contributed by atoms with Crippen LogP contribution >= 0.6 is 0 Å². The van der Waals surface area contributed by atoms with Crippen molar-refractivity contribution in [3.63, 3.8) is 0 Å². The predicted molar refractivity (Wildman–Crippen MR) is 113 cm³/mol. The van der Waals surface area contributed by atoms with E-state index in [-0.39, 0.29) is 18.6 Å². The topological polar surface area (TPSA) is 69.2 Å². The molecule has 2 aliphatic rings. The van der Waals surface area contributed by atoms with Crippen LogP contribution in [0.3, 0.4) is 0 Å². The van der Waals surface area contributed by atoms with Crippen molar-refractivity contribution < 1.29 is 9.53 Å². The fourth-order valence-electron chi connectivity index (χ4n) is 3.56. The van der Waals surface area contributed by atoms with Gasteiger partial charge in [-0.2, -0.15) is 0 Å². The molecule has 2 saturated heterocycles. The standard InChI is InChI=1S/C21H33N5O2/c1-25(2)20(27)15-23-21(22-14-19-10-6-7-13-28-19)24-17-11-12-26(16-17)18-8-4-3-5-9-18/h3-5,8-9,17,19H,6-7,10-16H2,1-2H3,(H2,22,23,24). The molecule has 3 rings (SSSR count). The number of amides is 1. The van der Waals surface area contributed by atoms with E-state index < -0.39 is 0 Å². The van der Waals surface area contributed by atoms with Gasteiger partial charge in [-0.3, -0.25) is 4.79 Å². The maximum atomic E-state index is 12.0. The smallest absolute Gasteiger partial charge is 0.243 e. The van der Waals surface area contributed by atoms with E-state index in [1.807, 2.05) is 6.07 Å². The van der Waals surface area contributed by atoms with Crippen LogP contribution < -0.4 is 15.5 Å². The fourth-order valence-corrected chi connectivity index (χ4v) is 3.56. The van der Waals surface area contributed by atoms with Crippen molar-refractivity contribution in [1.29, 1.82) is 0 Å². The van der Waals surface area contributed by atoms with Gasteiger partial charge in [-0.25, -0.2) is 4.99 Å². The third-order valence-corrected chi connectivity index (χ3v) is 5.29. The molecular formula is C21H33N5O2. The zero-order valence-corrected chi connectivity index (χ0v) is 17.1. The molecule has 1 amide bonds. The molecule has 2 heterocycles. The van der Waals surface area contributed by atoms with Crippen LogP contribution in [-0.4, -0.2) is 75.8 Å². The SMILES string of the molecule is CN(C)C(=O)CN=C(NCC1CCCCO1)NC1CCN(c2ccccc2)C1. The highest BCUT2D eigenvalue weighted by molar-refractivity contribution is 5.85. The van der Waals surface area contributed by atoms with E-state index in [4.69, 9.17) is 4.74 Å². The van der Waals surface area contributed by atoms with Crippen molar-refractivity contribution in [3.05, 3.63) is 30.3 Å². The minimum atomic E-state index is -0.00708. The lowest BCUT2D eigenvalue weighted by molar-refractivity contribution is -0.127. The lowest BCUT2D eigenvalue weighted by atomic mass is 10.1. The van der Waals surface area contributed by atoms with Gasteiger partial charge in [0.25, 0.3) is 0 Å². The molecule has 2 unspecified atom stereocenters. The van der Waals surface area contributed by atoms with E-state index >= 15 is 0 Å². The number of carbonyl (C=O) groups excluding carboxylic acids is 1. The Kier molecular flexibility index (Phi) is 7.54. The van der Waals surface area contributed by atoms with E-state index in [9.17, 15) is 4.79 Å². The van der Waals surface area contributed by atoms with Crippen LogP contribution in [0.5, 0.6) is 0 Å². The number of hydrogen-bond donors (Lipinski definition) is 2. The van der Waals surface area contributed by atoms with Crippen LogP contribution in [-0.2, 0) is 9.53 Å². The highest BCUT2D eigenvalue weighted by Crippen LogP contribution is 2.19. The summed E-state index contributed by atoms with van der Waals surface area (Å²) in [4.78, 5) is 20.4. The quantitative estimate of drug-likeness (QED) is 0.571. The van der Waals surface area contributed by atoms with E-state index in [0.29, 0.717) is 12.0 Å². The summed E-state index contributed by atoms with van der Waals surface area (Å²) in [5.74, 6) is 0.691. The van der Waals surface area contributed by atoms with Crippen LogP contribution in [0.25, 0.3) is 0 Å². The predicted octanol–water partition coefficient (Wildman–Crippen LogP) is 1.46. The number of benzene rings is 1. The van der Waals surface area contributed by atoms with Crippen molar-refractivity contribution in [2.75, 3.05) is 51.8 Å². The Hall–Kier alpha value is -2.28. The average Bonchev–Trinajstić information content (AvgIpc) is 3.19. The lowest BCUT2D eigenvalue weighted by Crippen LogP contribution is -2.47. The summed E-state index contributed by atoms with van der Waals surface area (Å²) < 4.78 is 5.81. The molecule has 0 aromatic heterocycles. The number of nitrogens with zero attached hydrogens (tertiary/aromatic N) is 3. The van der Waals surface area contributed by atoms with E-state index in [0.717, 1.165) is 45.5 Å². The van der Waals surface area contributed by atoms with Crippen LogP contribution in [0.4, 0.5) is 5.69 Å². The first kappa shape index (κ1) is 20.5. The molecule has 154 valence electrons. The van der Waals surface area contributed by atoms with Gasteiger partial charge in [0, 0.05) is 52.1 Å². The molecule has 1 aromatic carbocycles. The van der Waals surface area contributed by atoms with Crippen LogP contribution in [0.1, 0.15) is 25.7 Å². The number of para-hydroxylation sites is 1. The Morgan fingerprint density at radius 2 is 2.07 bits per heavy atom. The van der Waals surface area contributed by atoms with Crippen molar-refractivity contribution in [3.8, 4) is 0 Å². The summed E-state index contributed by atoms with van der Waals surface area (Å²) in [6, 6.07) is 10.8. The molecule has 0 saturated carbocycles. The number of rotatable bonds is 6. The molecule has 2 aliphatic heterocycles. The van der Waals surface area contributed by atoms with Crippen molar-refractivity contribution in [2.24, 2.45) is 4.99 Å². The maximum absolute atomic E-state index is 12.0. The lowest BCUT2D eigenvalue weighted by Gasteiger charge is -2.25. The molecule has 2 fully saturated rings. The maximum Gasteiger partial charge on any atom is 0.243 e. The largest absolute Gasteiger partial charge is 0.376 e. The first-order chi connectivity index (χ1) is 13.6. The van der Waals surface area contributed by atoms with Gasteiger partial charge in [-0.1, -0.05) is 18.2 Å². The molecule has 0 aliphatic carbocycles. The van der Waals surface area contributed by atoms with E-state index in [2.05, 4.69) is 44.8 Å². The monoisotopic (exact) mass is 387 g/mol. The summed E-state index contributed by atoms with van der Waals surface area (Å²) in [5, 5.41) is 6.91. The van der Waals surface area contributed by atoms with Gasteiger partial charge < -0.3 is 25.2 Å². The zero-order chi connectivity index (χ0) is 19.8. The molecule has 2 N–H and O–H groups in total. The normalized spacial score (nSPS) is 22.8. The molecule has 2 atom stereocenters. The number of aliphatic imine (C=N–C) groups is 1. The number of hydrogen-bond acceptors (Lipinski definition) is 4. The summed E-state index contributed by atoms with van der Waals surface area (Å²) >= 11 is 0. The van der Waals surface area contributed by atoms with Gasteiger partial charge in [-0.15, -0.1) is 0 Å². The van der Waals surface area contributed by atoms with Gasteiger partial charge in [0.05, 0.1) is 6.10 Å². The number of nitrogens with one attached hydrogen (secondary N) is 2. The highest BCUT2D eigenvalue weighted by Gasteiger charge is 2.24. The molecule has 7 nitrogen and oxygen atoms in total. The summed E-state index contributed by atoms with van der Waals surface area (Å²) in [6.07, 6.45) is 4.68. The van der Waals surface area contributed by atoms with Crippen molar-refractivity contribution in [2.45, 2.75) is 37.8 Å². The minimum Gasteiger partial charge on any atom is -0.376 e. The second-order valence-corrected chi connectivity index (χ2v) is 7.73. The van der Waals surface area contributed by atoms with Crippen LogP contribution in [0.2, 0.25) is 0 Å². The third kappa shape index (κ3) is 6.12. The second kappa shape index (κ2) is 10.3. The number of carbonyl (C=O) groups is 1. The van der Waals surface area contributed by atoms with Gasteiger partial charge in [0.15, 0.2) is 5.96 Å². The summed E-state index contributed by atoms with van der Waals surface area (Å²) in [5.41, 5.74) is 1.25. The van der Waals surface area contributed by atoms with E-state index in [1.54, 1.807) is 19.0 Å². The van der Waals surface area contributed by atoms with Gasteiger partial charge in [0.2, 0.25) is 5.91 Å². The first-order valence-corrected chi connectivity index (χ1v) is 10.3. The number of guanidine groups is 1. The highest BCUT2D eigenvalue weighted by atomic mass is 16.5. The Labute approximate surface area is 168 Å². The Morgan fingerprint density at radius 3 is 2.79 bits per heavy atom. The molecule has 1 aromatic rings. The Balaban J connectivity index is 1.56. The average molecular weight is 388 g/mol. The third-order valence-electron chi connectivity index (χ3n) is 5.29. The van der Waals surface area contributed by atoms with Gasteiger partial charge in [-0.05, 0) is 37.8 Å². The number of anilines is 1. The van der Waals surface area contributed by atoms with Crippen LogP contribution in [0.15, 0.2) is 35.3 Å². The van der Waals surface area contributed by atoms with Crippen LogP contribution in [0, 0.1) is 0 Å². The molecule has 0 radical (unpaired) electrons. The van der Waals surface area contributed by atoms with Gasteiger partial charge >= 0.3 is 0 Å². The Bertz CT molecular complexity index is 643. The Morgan fingerprint density at radius 1 is 1.25 bits per heavy atom. The minimum absolute atomic E-state index is 0.00708. The van der Waals surface area contributed by atoms with Crippen molar-refractivity contribution in [1.82, 2.24) is 15.5 Å². The van der Waals surface area contributed by atoms with Crippen molar-refractivity contribution >= 4 is 17.6 Å². The zero-order valence-electron chi connectivity index (χ0n) is 17.1. The molecule has 0 spiro atoms. The molecular weight excluding hydrogens is 354 g/mol. The molecule has 0 bridgehead atoms. The first-order valence-electron chi connectivity index (χ1n) is 10.3. The second-order valence-electron chi connectivity index (χ2n) is 7.73. The molecule has 7 heteroatoms. The summed E-state index contributed by atoms with van der Waals surface area (Å²) in [7, 11) is 3.51. The fraction of sp³-hybridized carbons (Fsp3) is 0.619. The molecule has 28 heavy (non-hydrogen) atoms. The number of likely N-dealkylation sites (N-methyl/N-ethyl adjacent to an activating group) is 1. The summed E-state index contributed by atoms with van der Waals surface area (Å²) in [6.45, 7) is 3.63. The van der Waals surface area contributed by atoms with Gasteiger partial charge in [0.1, 0.15) is 6.54 Å².